The summed E-state index contributed by atoms with van der Waals surface area (Å²) >= 11 is 1.55. The number of piperidine rings is 1. The molecule has 1 aliphatic rings. The summed E-state index contributed by atoms with van der Waals surface area (Å²) in [5.74, 6) is 0.473. The number of carbonyl (C=O) groups excluding carboxylic acids is 1. The zero-order valence-electron chi connectivity index (χ0n) is 11.9. The Bertz CT molecular complexity index is 554. The summed E-state index contributed by atoms with van der Waals surface area (Å²) in [7, 11) is 0. The van der Waals surface area contributed by atoms with Gasteiger partial charge in [-0.05, 0) is 54.2 Å². The molecule has 0 amide bonds. The number of tetrazole rings is 1. The van der Waals surface area contributed by atoms with Crippen LogP contribution in [0.1, 0.15) is 28.9 Å². The second kappa shape index (κ2) is 6.91. The summed E-state index contributed by atoms with van der Waals surface area (Å²) in [6.07, 6.45) is 4.76. The standard InChI is InChI=1S/C14H19N5OS/c20-14(13-5-2-9-21-13)12-4-1-6-18(10-12)7-3-8-19-11-15-16-17-19/h2,5,9,11-12H,1,3-4,6-8,10H2. The highest BCUT2D eigenvalue weighted by Gasteiger charge is 2.26. The maximum atomic E-state index is 12.4. The van der Waals surface area contributed by atoms with Gasteiger partial charge < -0.3 is 4.90 Å². The molecule has 1 aliphatic heterocycles. The van der Waals surface area contributed by atoms with Crippen LogP contribution in [0.4, 0.5) is 0 Å². The molecule has 0 aromatic carbocycles. The van der Waals surface area contributed by atoms with E-state index in [0.29, 0.717) is 5.78 Å². The van der Waals surface area contributed by atoms with Gasteiger partial charge in [-0.15, -0.1) is 16.4 Å². The molecule has 3 rings (SSSR count). The molecule has 0 saturated carbocycles. The van der Waals surface area contributed by atoms with Gasteiger partial charge in [-0.1, -0.05) is 6.07 Å². The SMILES string of the molecule is O=C(c1cccs1)C1CCCN(CCCn2cnnn2)C1. The van der Waals surface area contributed by atoms with E-state index in [1.54, 1.807) is 22.3 Å². The first-order valence-corrected chi connectivity index (χ1v) is 8.22. The number of hydrogen-bond acceptors (Lipinski definition) is 6. The molecule has 0 aliphatic carbocycles. The lowest BCUT2D eigenvalue weighted by Gasteiger charge is -2.31. The molecule has 7 heteroatoms. The molecule has 0 bridgehead atoms. The Balaban J connectivity index is 1.48. The molecular formula is C14H19N5OS. The third-order valence-corrected chi connectivity index (χ3v) is 4.78. The van der Waals surface area contributed by atoms with Crippen molar-refractivity contribution < 1.29 is 4.79 Å². The fourth-order valence-corrected chi connectivity index (χ4v) is 3.58. The van der Waals surface area contributed by atoms with Gasteiger partial charge in [-0.3, -0.25) is 4.79 Å². The van der Waals surface area contributed by atoms with Gasteiger partial charge in [-0.25, -0.2) is 4.68 Å². The number of ketones is 1. The normalized spacial score (nSPS) is 19.7. The average molecular weight is 305 g/mol. The van der Waals surface area contributed by atoms with Crippen LogP contribution in [0.15, 0.2) is 23.8 Å². The number of aryl methyl sites for hydroxylation is 1. The van der Waals surface area contributed by atoms with Crippen LogP contribution in [0.2, 0.25) is 0 Å². The van der Waals surface area contributed by atoms with Gasteiger partial charge in [0, 0.05) is 19.0 Å². The van der Waals surface area contributed by atoms with E-state index in [-0.39, 0.29) is 5.92 Å². The first-order chi connectivity index (χ1) is 10.3. The minimum absolute atomic E-state index is 0.158. The summed E-state index contributed by atoms with van der Waals surface area (Å²) in [4.78, 5) is 15.7. The highest BCUT2D eigenvalue weighted by Crippen LogP contribution is 2.23. The molecule has 6 nitrogen and oxygen atoms in total. The van der Waals surface area contributed by atoms with Crippen LogP contribution in [0.5, 0.6) is 0 Å². The minimum atomic E-state index is 0.158. The number of Topliss-reactive ketones (excluding diaryl/α,β-unsaturated/α-hetero) is 1. The van der Waals surface area contributed by atoms with Crippen molar-refractivity contribution in [3.05, 3.63) is 28.7 Å². The van der Waals surface area contributed by atoms with Crippen molar-refractivity contribution >= 4 is 17.1 Å². The highest BCUT2D eigenvalue weighted by molar-refractivity contribution is 7.12. The maximum Gasteiger partial charge on any atom is 0.177 e. The zero-order valence-corrected chi connectivity index (χ0v) is 12.7. The lowest BCUT2D eigenvalue weighted by Crippen LogP contribution is -2.39. The van der Waals surface area contributed by atoms with Gasteiger partial charge >= 0.3 is 0 Å². The van der Waals surface area contributed by atoms with Crippen LogP contribution in [-0.2, 0) is 6.54 Å². The van der Waals surface area contributed by atoms with Gasteiger partial charge in [0.1, 0.15) is 6.33 Å². The second-order valence-corrected chi connectivity index (χ2v) is 6.36. The van der Waals surface area contributed by atoms with E-state index < -0.39 is 0 Å². The molecule has 21 heavy (non-hydrogen) atoms. The quantitative estimate of drug-likeness (QED) is 0.760. The lowest BCUT2D eigenvalue weighted by atomic mass is 9.93. The number of nitrogens with zero attached hydrogens (tertiary/aromatic N) is 5. The smallest absolute Gasteiger partial charge is 0.177 e. The summed E-state index contributed by atoms with van der Waals surface area (Å²) in [6.45, 7) is 3.79. The van der Waals surface area contributed by atoms with Crippen LogP contribution < -0.4 is 0 Å². The van der Waals surface area contributed by atoms with E-state index in [9.17, 15) is 4.79 Å². The molecule has 1 atom stereocenters. The molecule has 0 radical (unpaired) electrons. The molecule has 2 aromatic rings. The Morgan fingerprint density at radius 1 is 1.43 bits per heavy atom. The molecule has 0 N–H and O–H groups in total. The Morgan fingerprint density at radius 2 is 2.38 bits per heavy atom. The van der Waals surface area contributed by atoms with E-state index >= 15 is 0 Å². The maximum absolute atomic E-state index is 12.4. The van der Waals surface area contributed by atoms with Crippen molar-refractivity contribution in [2.45, 2.75) is 25.8 Å². The fourth-order valence-electron chi connectivity index (χ4n) is 2.83. The van der Waals surface area contributed by atoms with Crippen molar-refractivity contribution in [2.75, 3.05) is 19.6 Å². The highest BCUT2D eigenvalue weighted by atomic mass is 32.1. The zero-order chi connectivity index (χ0) is 14.5. The first-order valence-electron chi connectivity index (χ1n) is 7.34. The Labute approximate surface area is 127 Å². The fraction of sp³-hybridized carbons (Fsp3) is 0.571. The van der Waals surface area contributed by atoms with E-state index in [2.05, 4.69) is 20.4 Å². The largest absolute Gasteiger partial charge is 0.303 e. The average Bonchev–Trinajstić information content (AvgIpc) is 3.20. The van der Waals surface area contributed by atoms with Gasteiger partial charge in [0.15, 0.2) is 5.78 Å². The third kappa shape index (κ3) is 3.74. The summed E-state index contributed by atoms with van der Waals surface area (Å²) in [5, 5.41) is 13.1. The van der Waals surface area contributed by atoms with E-state index in [4.69, 9.17) is 0 Å². The number of carbonyl (C=O) groups is 1. The van der Waals surface area contributed by atoms with Crippen molar-refractivity contribution in [1.29, 1.82) is 0 Å². The van der Waals surface area contributed by atoms with Crippen LogP contribution >= 0.6 is 11.3 Å². The molecule has 0 spiro atoms. The van der Waals surface area contributed by atoms with Crippen LogP contribution in [0.25, 0.3) is 0 Å². The van der Waals surface area contributed by atoms with E-state index in [1.807, 2.05) is 17.5 Å². The van der Waals surface area contributed by atoms with Crippen LogP contribution in [0.3, 0.4) is 0 Å². The number of thiophene rings is 1. The summed E-state index contributed by atoms with van der Waals surface area (Å²) in [6, 6.07) is 3.88. The second-order valence-electron chi connectivity index (χ2n) is 5.41. The van der Waals surface area contributed by atoms with Crippen molar-refractivity contribution in [3.8, 4) is 0 Å². The number of likely N-dealkylation sites (tertiary alicyclic amines) is 1. The van der Waals surface area contributed by atoms with Gasteiger partial charge in [0.2, 0.25) is 0 Å². The molecule has 3 heterocycles. The first kappa shape index (κ1) is 14.3. The predicted octanol–water partition coefficient (Wildman–Crippen LogP) is 1.72. The Kier molecular flexibility index (Phi) is 4.72. The Hall–Kier alpha value is -1.60. The summed E-state index contributed by atoms with van der Waals surface area (Å²) in [5.41, 5.74) is 0. The van der Waals surface area contributed by atoms with Gasteiger partial charge in [0.05, 0.1) is 4.88 Å². The van der Waals surface area contributed by atoms with Gasteiger partial charge in [0.25, 0.3) is 0 Å². The van der Waals surface area contributed by atoms with Crippen LogP contribution in [-0.4, -0.2) is 50.5 Å². The molecule has 2 aromatic heterocycles. The number of rotatable bonds is 6. The summed E-state index contributed by atoms with van der Waals surface area (Å²) < 4.78 is 1.75. The molecule has 112 valence electrons. The number of aromatic nitrogens is 4. The predicted molar refractivity (Wildman–Crippen MR) is 80.2 cm³/mol. The molecule has 1 saturated heterocycles. The molecular weight excluding hydrogens is 286 g/mol. The van der Waals surface area contributed by atoms with Crippen molar-refractivity contribution in [1.82, 2.24) is 25.1 Å². The monoisotopic (exact) mass is 305 g/mol. The van der Waals surface area contributed by atoms with Crippen molar-refractivity contribution in [3.63, 3.8) is 0 Å². The number of hydrogen-bond donors (Lipinski definition) is 0. The topological polar surface area (TPSA) is 63.9 Å². The Morgan fingerprint density at radius 3 is 3.14 bits per heavy atom. The van der Waals surface area contributed by atoms with Crippen molar-refractivity contribution in [2.24, 2.45) is 5.92 Å². The third-order valence-electron chi connectivity index (χ3n) is 3.89. The minimum Gasteiger partial charge on any atom is -0.303 e. The van der Waals surface area contributed by atoms with Gasteiger partial charge in [-0.2, -0.15) is 0 Å². The lowest BCUT2D eigenvalue weighted by molar-refractivity contribution is 0.0821. The van der Waals surface area contributed by atoms with E-state index in [0.717, 1.165) is 50.3 Å². The molecule has 1 unspecified atom stereocenters. The van der Waals surface area contributed by atoms with E-state index in [1.165, 1.54) is 0 Å². The van der Waals surface area contributed by atoms with Crippen LogP contribution in [0, 0.1) is 5.92 Å². The molecule has 1 fully saturated rings.